The van der Waals surface area contributed by atoms with E-state index in [1.165, 1.54) is 0 Å². The Bertz CT molecular complexity index is 323. The van der Waals surface area contributed by atoms with Crippen LogP contribution < -0.4 is 21.3 Å². The fourth-order valence-electron chi connectivity index (χ4n) is 2.05. The van der Waals surface area contributed by atoms with Crippen molar-refractivity contribution in [2.24, 2.45) is 11.8 Å². The van der Waals surface area contributed by atoms with Gasteiger partial charge in [-0.25, -0.2) is 0 Å². The highest BCUT2D eigenvalue weighted by Gasteiger charge is 2.29. The Balaban J connectivity index is 0.000000200. The molecule has 2 fully saturated rings. The molecule has 2 aliphatic rings. The summed E-state index contributed by atoms with van der Waals surface area (Å²) in [5.41, 5.74) is 0. The normalized spacial score (nSPS) is 33.0. The molecule has 4 N–H and O–H groups in total. The predicted octanol–water partition coefficient (Wildman–Crippen LogP) is 0.153. The lowest BCUT2D eigenvalue weighted by molar-refractivity contribution is -0.121. The molecule has 0 aromatic carbocycles. The molecule has 0 aliphatic carbocycles. The summed E-state index contributed by atoms with van der Waals surface area (Å²) >= 11 is 0. The van der Waals surface area contributed by atoms with E-state index in [9.17, 15) is 9.59 Å². The van der Waals surface area contributed by atoms with E-state index in [2.05, 4.69) is 49.0 Å². The van der Waals surface area contributed by atoms with Gasteiger partial charge in [-0.1, -0.05) is 27.7 Å². The topological polar surface area (TPSA) is 82.3 Å². The van der Waals surface area contributed by atoms with Crippen molar-refractivity contribution in [2.75, 3.05) is 0 Å². The van der Waals surface area contributed by atoms with E-state index in [4.69, 9.17) is 0 Å². The first-order valence-corrected chi connectivity index (χ1v) is 7.35. The molecule has 116 valence electrons. The van der Waals surface area contributed by atoms with Gasteiger partial charge in [0, 0.05) is 0 Å². The largest absolute Gasteiger partial charge is 0.339 e. The van der Waals surface area contributed by atoms with Gasteiger partial charge in [-0.05, 0) is 25.7 Å². The fourth-order valence-corrected chi connectivity index (χ4v) is 2.05. The Morgan fingerprint density at radius 3 is 1.15 bits per heavy atom. The highest BCUT2D eigenvalue weighted by Crippen LogP contribution is 2.05. The second kappa shape index (κ2) is 7.04. The molecular weight excluding hydrogens is 256 g/mol. The second-order valence-electron chi connectivity index (χ2n) is 6.24. The molecule has 0 aromatic heterocycles. The lowest BCUT2D eigenvalue weighted by Crippen LogP contribution is -2.37. The summed E-state index contributed by atoms with van der Waals surface area (Å²) in [6, 6.07) is -0.0419. The van der Waals surface area contributed by atoms with Gasteiger partial charge in [0.25, 0.3) is 0 Å². The minimum Gasteiger partial charge on any atom is -0.339 e. The van der Waals surface area contributed by atoms with E-state index in [0.717, 1.165) is 0 Å². The van der Waals surface area contributed by atoms with Crippen LogP contribution in [-0.2, 0) is 9.59 Å². The Morgan fingerprint density at radius 1 is 0.750 bits per heavy atom. The number of hydrogen-bond donors (Lipinski definition) is 4. The first-order chi connectivity index (χ1) is 9.22. The molecule has 0 aromatic rings. The number of rotatable bonds is 2. The third-order valence-corrected chi connectivity index (χ3v) is 3.57. The summed E-state index contributed by atoms with van der Waals surface area (Å²) in [6.07, 6.45) is 0.338. The van der Waals surface area contributed by atoms with Gasteiger partial charge in [0.1, 0.15) is 0 Å². The Morgan fingerprint density at radius 2 is 1.05 bits per heavy atom. The van der Waals surface area contributed by atoms with Crippen LogP contribution >= 0.6 is 0 Å². The van der Waals surface area contributed by atoms with E-state index in [0.29, 0.717) is 11.8 Å². The van der Waals surface area contributed by atoms with Crippen molar-refractivity contribution in [2.45, 2.75) is 66.0 Å². The van der Waals surface area contributed by atoms with E-state index >= 15 is 0 Å². The SMILES string of the molecule is CC1NC(C(C)C)NC1=O.CC1NC(C(C)C)NC1=O. The average molecular weight is 284 g/mol. The maximum atomic E-state index is 10.9. The molecular formula is C14H28N4O2. The maximum Gasteiger partial charge on any atom is 0.238 e. The molecule has 2 saturated heterocycles. The first-order valence-electron chi connectivity index (χ1n) is 7.35. The standard InChI is InChI=1S/2C7H14N2O/c2*1-4(2)6-8-5(3)7(10)9-6/h2*4-6,8H,1-3H3,(H,9,10). The lowest BCUT2D eigenvalue weighted by atomic mass is 10.2. The van der Waals surface area contributed by atoms with Crippen LogP contribution in [0.5, 0.6) is 0 Å². The summed E-state index contributed by atoms with van der Waals surface area (Å²) in [6.45, 7) is 12.1. The van der Waals surface area contributed by atoms with Crippen molar-refractivity contribution in [3.63, 3.8) is 0 Å². The van der Waals surface area contributed by atoms with Crippen LogP contribution in [0.4, 0.5) is 0 Å². The van der Waals surface area contributed by atoms with Crippen LogP contribution in [0.2, 0.25) is 0 Å². The van der Waals surface area contributed by atoms with Crippen LogP contribution in [-0.4, -0.2) is 36.2 Å². The molecule has 4 atom stereocenters. The number of nitrogens with one attached hydrogen (secondary N) is 4. The molecule has 0 spiro atoms. The summed E-state index contributed by atoms with van der Waals surface area (Å²) in [5, 5.41) is 12.0. The zero-order valence-corrected chi connectivity index (χ0v) is 13.3. The Hall–Kier alpha value is -1.14. The van der Waals surface area contributed by atoms with Crippen LogP contribution in [0.25, 0.3) is 0 Å². The first kappa shape index (κ1) is 16.9. The molecule has 6 heteroatoms. The van der Waals surface area contributed by atoms with Crippen molar-refractivity contribution < 1.29 is 9.59 Å². The van der Waals surface area contributed by atoms with E-state index < -0.39 is 0 Å². The average Bonchev–Trinajstić information content (AvgIpc) is 2.85. The fraction of sp³-hybridized carbons (Fsp3) is 0.857. The lowest BCUT2D eigenvalue weighted by Gasteiger charge is -2.13. The van der Waals surface area contributed by atoms with Gasteiger partial charge in [0.05, 0.1) is 24.4 Å². The highest BCUT2D eigenvalue weighted by atomic mass is 16.2. The minimum atomic E-state index is -0.0209. The summed E-state index contributed by atoms with van der Waals surface area (Å²) < 4.78 is 0. The van der Waals surface area contributed by atoms with Crippen LogP contribution in [0, 0.1) is 11.8 Å². The molecule has 2 rings (SSSR count). The van der Waals surface area contributed by atoms with Gasteiger partial charge in [-0.15, -0.1) is 0 Å². The van der Waals surface area contributed by atoms with Gasteiger partial charge < -0.3 is 10.6 Å². The summed E-state index contributed by atoms with van der Waals surface area (Å²) in [4.78, 5) is 21.8. The molecule has 2 aliphatic heterocycles. The van der Waals surface area contributed by atoms with E-state index in [-0.39, 0.29) is 36.2 Å². The maximum absolute atomic E-state index is 10.9. The van der Waals surface area contributed by atoms with Gasteiger partial charge in [0.15, 0.2) is 0 Å². The van der Waals surface area contributed by atoms with Crippen LogP contribution in [0.15, 0.2) is 0 Å². The number of carbonyl (C=O) groups is 2. The molecule has 4 unspecified atom stereocenters. The minimum absolute atomic E-state index is 0.0209. The Labute approximate surface area is 121 Å². The second-order valence-corrected chi connectivity index (χ2v) is 6.24. The molecule has 2 amide bonds. The number of carbonyl (C=O) groups excluding carboxylic acids is 2. The zero-order chi connectivity index (χ0) is 15.4. The van der Waals surface area contributed by atoms with Crippen molar-refractivity contribution in [1.29, 1.82) is 0 Å². The third kappa shape index (κ3) is 4.45. The molecule has 0 bridgehead atoms. The van der Waals surface area contributed by atoms with Gasteiger partial charge in [0.2, 0.25) is 11.8 Å². The van der Waals surface area contributed by atoms with Gasteiger partial charge in [-0.3, -0.25) is 20.2 Å². The van der Waals surface area contributed by atoms with E-state index in [1.807, 2.05) is 13.8 Å². The molecule has 0 radical (unpaired) electrons. The monoisotopic (exact) mass is 284 g/mol. The number of hydrogen-bond acceptors (Lipinski definition) is 4. The summed E-state index contributed by atoms with van der Waals surface area (Å²) in [5.74, 6) is 1.15. The summed E-state index contributed by atoms with van der Waals surface area (Å²) in [7, 11) is 0. The van der Waals surface area contributed by atoms with Crippen molar-refractivity contribution in [3.8, 4) is 0 Å². The molecule has 20 heavy (non-hydrogen) atoms. The number of amides is 2. The van der Waals surface area contributed by atoms with Crippen LogP contribution in [0.1, 0.15) is 41.5 Å². The van der Waals surface area contributed by atoms with E-state index in [1.54, 1.807) is 0 Å². The smallest absolute Gasteiger partial charge is 0.238 e. The van der Waals surface area contributed by atoms with Gasteiger partial charge in [-0.2, -0.15) is 0 Å². The van der Waals surface area contributed by atoms with Crippen molar-refractivity contribution >= 4 is 11.8 Å². The van der Waals surface area contributed by atoms with Crippen LogP contribution in [0.3, 0.4) is 0 Å². The predicted molar refractivity (Wildman–Crippen MR) is 78.7 cm³/mol. The van der Waals surface area contributed by atoms with Crippen molar-refractivity contribution in [1.82, 2.24) is 21.3 Å². The molecule has 2 heterocycles. The third-order valence-electron chi connectivity index (χ3n) is 3.57. The quantitative estimate of drug-likeness (QED) is 0.582. The zero-order valence-electron chi connectivity index (χ0n) is 13.3. The van der Waals surface area contributed by atoms with Crippen molar-refractivity contribution in [3.05, 3.63) is 0 Å². The Kier molecular flexibility index (Phi) is 5.95. The van der Waals surface area contributed by atoms with Gasteiger partial charge >= 0.3 is 0 Å². The molecule has 0 saturated carbocycles. The molecule has 6 nitrogen and oxygen atoms in total. The highest BCUT2D eigenvalue weighted by molar-refractivity contribution is 5.84.